The molecule has 0 saturated heterocycles. The third-order valence-electron chi connectivity index (χ3n) is 2.84. The Balaban J connectivity index is 2.91. The average Bonchev–Trinajstić information content (AvgIpc) is 2.42. The zero-order valence-corrected chi connectivity index (χ0v) is 12.1. The van der Waals surface area contributed by atoms with Gasteiger partial charge in [0.2, 0.25) is 17.9 Å². The van der Waals surface area contributed by atoms with E-state index in [2.05, 4.69) is 5.32 Å². The van der Waals surface area contributed by atoms with Crippen molar-refractivity contribution in [3.05, 3.63) is 35.9 Å². The zero-order chi connectivity index (χ0) is 17.6. The Hall–Kier alpha value is -2.58. The number of amides is 2. The third kappa shape index (κ3) is 5.97. The summed E-state index contributed by atoms with van der Waals surface area (Å²) in [5, 5.41) is 12.2. The minimum absolute atomic E-state index is 0.0730. The predicted octanol–water partition coefficient (Wildman–Crippen LogP) is 0.865. The number of carbonyl (C=O) groups excluding carboxylic acids is 2. The first-order chi connectivity index (χ1) is 10.6. The van der Waals surface area contributed by atoms with Crippen molar-refractivity contribution in [2.75, 3.05) is 0 Å². The maximum Gasteiger partial charge on any atom is 0.419 e. The van der Waals surface area contributed by atoms with Gasteiger partial charge in [-0.15, -0.1) is 0 Å². The summed E-state index contributed by atoms with van der Waals surface area (Å²) in [5.74, 6) is -4.08. The van der Waals surface area contributed by atoms with Gasteiger partial charge in [0, 0.05) is 13.3 Å². The smallest absolute Gasteiger partial charge is 0.419 e. The lowest BCUT2D eigenvalue weighted by molar-refractivity contribution is -0.182. The molecule has 23 heavy (non-hydrogen) atoms. The number of rotatable bonds is 6. The molecule has 6 nitrogen and oxygen atoms in total. The number of benzene rings is 1. The summed E-state index contributed by atoms with van der Waals surface area (Å²) in [4.78, 5) is 33.8. The van der Waals surface area contributed by atoms with Crippen molar-refractivity contribution in [3.63, 3.8) is 0 Å². The van der Waals surface area contributed by atoms with Crippen molar-refractivity contribution >= 4 is 17.8 Å². The van der Waals surface area contributed by atoms with Crippen LogP contribution in [0.25, 0.3) is 0 Å². The van der Waals surface area contributed by atoms with Gasteiger partial charge >= 0.3 is 12.1 Å². The number of hydrogen-bond acceptors (Lipinski definition) is 3. The maximum absolute atomic E-state index is 12.6. The Labute approximate surface area is 129 Å². The minimum atomic E-state index is -5.14. The van der Waals surface area contributed by atoms with E-state index in [-0.39, 0.29) is 6.42 Å². The number of hydrogen-bond donors (Lipinski definition) is 3. The molecule has 0 fully saturated rings. The number of aliphatic carboxylic acids is 1. The molecule has 0 unspecified atom stereocenters. The lowest BCUT2D eigenvalue weighted by Crippen LogP contribution is -2.56. The second-order valence-corrected chi connectivity index (χ2v) is 4.76. The molecule has 9 heteroatoms. The topological polar surface area (TPSA) is 95.5 Å². The van der Waals surface area contributed by atoms with Crippen LogP contribution in [-0.4, -0.2) is 41.2 Å². The lowest BCUT2D eigenvalue weighted by Gasteiger charge is -2.22. The van der Waals surface area contributed by atoms with E-state index in [9.17, 15) is 27.6 Å². The molecule has 0 heterocycles. The van der Waals surface area contributed by atoms with Crippen LogP contribution in [0, 0.1) is 0 Å². The van der Waals surface area contributed by atoms with Gasteiger partial charge in [-0.05, 0) is 5.56 Å². The van der Waals surface area contributed by atoms with Crippen molar-refractivity contribution < 1.29 is 32.7 Å². The second kappa shape index (κ2) is 7.61. The van der Waals surface area contributed by atoms with Gasteiger partial charge in [0.1, 0.15) is 6.04 Å². The molecular weight excluding hydrogens is 317 g/mol. The Kier molecular flexibility index (Phi) is 6.11. The van der Waals surface area contributed by atoms with Gasteiger partial charge < -0.3 is 15.7 Å². The summed E-state index contributed by atoms with van der Waals surface area (Å²) in [7, 11) is 0. The van der Waals surface area contributed by atoms with Gasteiger partial charge in [-0.25, -0.2) is 4.79 Å². The quantitative estimate of drug-likeness (QED) is 0.720. The normalized spacial score (nSPS) is 13.7. The van der Waals surface area contributed by atoms with Crippen molar-refractivity contribution in [3.8, 4) is 0 Å². The molecule has 0 bridgehead atoms. The van der Waals surface area contributed by atoms with Crippen molar-refractivity contribution in [1.29, 1.82) is 0 Å². The molecule has 0 aliphatic carbocycles. The summed E-state index contributed by atoms with van der Waals surface area (Å²) < 4.78 is 37.8. The number of halogens is 3. The van der Waals surface area contributed by atoms with E-state index < -0.39 is 36.0 Å². The molecule has 3 N–H and O–H groups in total. The van der Waals surface area contributed by atoms with Crippen LogP contribution in [0.15, 0.2) is 30.3 Å². The predicted molar refractivity (Wildman–Crippen MR) is 73.4 cm³/mol. The Morgan fingerprint density at radius 2 is 1.70 bits per heavy atom. The summed E-state index contributed by atoms with van der Waals surface area (Å²) in [6.07, 6.45) is -5.22. The number of alkyl halides is 3. The van der Waals surface area contributed by atoms with E-state index in [0.29, 0.717) is 5.56 Å². The van der Waals surface area contributed by atoms with Crippen LogP contribution in [0.5, 0.6) is 0 Å². The van der Waals surface area contributed by atoms with E-state index in [0.717, 1.165) is 6.92 Å². The van der Waals surface area contributed by atoms with Crippen molar-refractivity contribution in [2.45, 2.75) is 31.6 Å². The highest BCUT2D eigenvalue weighted by atomic mass is 19.4. The molecule has 0 aliphatic rings. The monoisotopic (exact) mass is 332 g/mol. The maximum atomic E-state index is 12.6. The minimum Gasteiger partial charge on any atom is -0.479 e. The van der Waals surface area contributed by atoms with Gasteiger partial charge in [0.15, 0.2) is 0 Å². The number of carbonyl (C=O) groups is 3. The molecule has 0 spiro atoms. The number of carboxylic acid groups (broad SMARTS) is 1. The van der Waals surface area contributed by atoms with Crippen molar-refractivity contribution in [2.24, 2.45) is 0 Å². The van der Waals surface area contributed by atoms with Crippen LogP contribution >= 0.6 is 0 Å². The standard InChI is InChI=1S/C14H15F3N2O4/c1-8(20)18-10(7-9-5-3-2-4-6-9)12(21)19-11(13(22)23)14(15,16)17/h2-6,10-11H,7H2,1H3,(H,18,20)(H,19,21)(H,22,23)/t10-,11+/m0/s1. The van der Waals surface area contributed by atoms with Crippen LogP contribution in [0.3, 0.4) is 0 Å². The lowest BCUT2D eigenvalue weighted by atomic mass is 10.0. The Morgan fingerprint density at radius 3 is 2.13 bits per heavy atom. The van der Waals surface area contributed by atoms with E-state index in [1.807, 2.05) is 0 Å². The van der Waals surface area contributed by atoms with Gasteiger partial charge in [-0.3, -0.25) is 9.59 Å². The van der Waals surface area contributed by atoms with Crippen LogP contribution in [0.2, 0.25) is 0 Å². The van der Waals surface area contributed by atoms with Crippen LogP contribution in [0.1, 0.15) is 12.5 Å². The Bertz CT molecular complexity index is 575. The molecule has 0 aliphatic heterocycles. The fourth-order valence-corrected chi connectivity index (χ4v) is 1.83. The first-order valence-electron chi connectivity index (χ1n) is 6.52. The highest BCUT2D eigenvalue weighted by molar-refractivity contribution is 5.90. The number of nitrogens with one attached hydrogen (secondary N) is 2. The highest BCUT2D eigenvalue weighted by Gasteiger charge is 2.47. The fourth-order valence-electron chi connectivity index (χ4n) is 1.83. The molecule has 2 amide bonds. The zero-order valence-electron chi connectivity index (χ0n) is 12.1. The molecule has 0 radical (unpaired) electrons. The van der Waals surface area contributed by atoms with E-state index in [1.54, 1.807) is 30.3 Å². The molecule has 1 aromatic carbocycles. The molecule has 126 valence electrons. The summed E-state index contributed by atoms with van der Waals surface area (Å²) >= 11 is 0. The summed E-state index contributed by atoms with van der Waals surface area (Å²) in [6, 6.07) is 3.92. The van der Waals surface area contributed by atoms with E-state index in [1.165, 1.54) is 5.32 Å². The molecule has 1 aromatic rings. The van der Waals surface area contributed by atoms with Crippen molar-refractivity contribution in [1.82, 2.24) is 10.6 Å². The molecule has 2 atom stereocenters. The molecule has 0 saturated carbocycles. The van der Waals surface area contributed by atoms with Crippen LogP contribution in [0.4, 0.5) is 13.2 Å². The first-order valence-corrected chi connectivity index (χ1v) is 6.52. The largest absolute Gasteiger partial charge is 0.479 e. The third-order valence-corrected chi connectivity index (χ3v) is 2.84. The van der Waals surface area contributed by atoms with Crippen LogP contribution < -0.4 is 10.6 Å². The highest BCUT2D eigenvalue weighted by Crippen LogP contribution is 2.20. The fraction of sp³-hybridized carbons (Fsp3) is 0.357. The first kappa shape index (κ1) is 18.5. The van der Waals surface area contributed by atoms with E-state index in [4.69, 9.17) is 5.11 Å². The van der Waals surface area contributed by atoms with Gasteiger partial charge in [-0.1, -0.05) is 30.3 Å². The van der Waals surface area contributed by atoms with E-state index >= 15 is 0 Å². The average molecular weight is 332 g/mol. The van der Waals surface area contributed by atoms with Crippen LogP contribution in [-0.2, 0) is 20.8 Å². The summed E-state index contributed by atoms with van der Waals surface area (Å²) in [6.45, 7) is 1.10. The molecular formula is C14H15F3N2O4. The van der Waals surface area contributed by atoms with Gasteiger partial charge in [-0.2, -0.15) is 13.2 Å². The summed E-state index contributed by atoms with van der Waals surface area (Å²) in [5.41, 5.74) is 0.597. The second-order valence-electron chi connectivity index (χ2n) is 4.76. The number of carboxylic acids is 1. The molecule has 0 aromatic heterocycles. The van der Waals surface area contributed by atoms with Gasteiger partial charge in [0.25, 0.3) is 0 Å². The Morgan fingerprint density at radius 1 is 1.13 bits per heavy atom. The van der Waals surface area contributed by atoms with Gasteiger partial charge in [0.05, 0.1) is 0 Å². The molecule has 1 rings (SSSR count). The SMILES string of the molecule is CC(=O)N[C@@H](Cc1ccccc1)C(=O)N[C@H](C(=O)O)C(F)(F)F.